The van der Waals surface area contributed by atoms with E-state index < -0.39 is 5.97 Å². The van der Waals surface area contributed by atoms with Crippen LogP contribution < -0.4 is 0 Å². The van der Waals surface area contributed by atoms with Crippen LogP contribution in [0.1, 0.15) is 39.0 Å². The molecule has 1 saturated heterocycles. The second-order valence-electron chi connectivity index (χ2n) is 5.27. The minimum Gasteiger partial charge on any atom is -0.481 e. The van der Waals surface area contributed by atoms with Crippen LogP contribution >= 0.6 is 0 Å². The van der Waals surface area contributed by atoms with Gasteiger partial charge in [-0.25, -0.2) is 4.79 Å². The maximum absolute atomic E-state index is 12.3. The zero-order valence-electron chi connectivity index (χ0n) is 12.2. The summed E-state index contributed by atoms with van der Waals surface area (Å²) in [6, 6.07) is 0.0153. The standard InChI is InChI=1S/C15H24N2O3/c1-3-9-16(10-4-2)15(20)17-11-7-13(8-12-17)5-6-14(18)19/h1,13H,4-12H2,2H3,(H,18,19). The molecular weight excluding hydrogens is 256 g/mol. The first-order valence-corrected chi connectivity index (χ1v) is 7.27. The van der Waals surface area contributed by atoms with Crippen molar-refractivity contribution in [3.05, 3.63) is 0 Å². The first-order chi connectivity index (χ1) is 9.58. The molecule has 0 atom stereocenters. The second-order valence-corrected chi connectivity index (χ2v) is 5.27. The van der Waals surface area contributed by atoms with Crippen LogP contribution in [0.4, 0.5) is 4.79 Å². The van der Waals surface area contributed by atoms with Crippen molar-refractivity contribution in [3.63, 3.8) is 0 Å². The van der Waals surface area contributed by atoms with Gasteiger partial charge in [-0.05, 0) is 31.6 Å². The Hall–Kier alpha value is -1.70. The van der Waals surface area contributed by atoms with Crippen LogP contribution in [0, 0.1) is 18.3 Å². The van der Waals surface area contributed by atoms with Crippen molar-refractivity contribution in [3.8, 4) is 12.3 Å². The van der Waals surface area contributed by atoms with E-state index in [1.165, 1.54) is 0 Å². The highest BCUT2D eigenvalue weighted by Crippen LogP contribution is 2.22. The van der Waals surface area contributed by atoms with Gasteiger partial charge in [-0.15, -0.1) is 6.42 Å². The Morgan fingerprint density at radius 1 is 1.40 bits per heavy atom. The van der Waals surface area contributed by atoms with E-state index in [9.17, 15) is 9.59 Å². The monoisotopic (exact) mass is 280 g/mol. The molecule has 2 amide bonds. The molecule has 0 aromatic carbocycles. The lowest BCUT2D eigenvalue weighted by Gasteiger charge is -2.35. The normalized spacial score (nSPS) is 15.7. The number of urea groups is 1. The van der Waals surface area contributed by atoms with E-state index in [0.29, 0.717) is 38.5 Å². The van der Waals surface area contributed by atoms with E-state index >= 15 is 0 Å². The van der Waals surface area contributed by atoms with E-state index in [1.807, 2.05) is 11.8 Å². The number of amides is 2. The molecule has 0 bridgehead atoms. The Morgan fingerprint density at radius 3 is 2.55 bits per heavy atom. The first kappa shape index (κ1) is 16.4. The number of aliphatic carboxylic acids is 1. The van der Waals surface area contributed by atoms with Crippen molar-refractivity contribution in [1.82, 2.24) is 9.80 Å². The van der Waals surface area contributed by atoms with Gasteiger partial charge in [0.25, 0.3) is 0 Å². The lowest BCUT2D eigenvalue weighted by molar-refractivity contribution is -0.137. The Kier molecular flexibility index (Phi) is 6.92. The molecule has 1 rings (SSSR count). The molecule has 0 aromatic heterocycles. The number of carboxylic acid groups (broad SMARTS) is 1. The van der Waals surface area contributed by atoms with Crippen LogP contribution in [0.3, 0.4) is 0 Å². The Morgan fingerprint density at radius 2 is 2.05 bits per heavy atom. The summed E-state index contributed by atoms with van der Waals surface area (Å²) in [6.07, 6.45) is 8.89. The molecular formula is C15H24N2O3. The quantitative estimate of drug-likeness (QED) is 0.757. The van der Waals surface area contributed by atoms with Crippen molar-refractivity contribution in [2.24, 2.45) is 5.92 Å². The number of carboxylic acids is 1. The van der Waals surface area contributed by atoms with Crippen LogP contribution in [-0.4, -0.2) is 53.1 Å². The predicted octanol–water partition coefficient (Wildman–Crippen LogP) is 2.03. The highest BCUT2D eigenvalue weighted by molar-refractivity contribution is 5.74. The molecule has 20 heavy (non-hydrogen) atoms. The fourth-order valence-electron chi connectivity index (χ4n) is 2.56. The minimum absolute atomic E-state index is 0.0153. The largest absolute Gasteiger partial charge is 0.481 e. The van der Waals surface area contributed by atoms with E-state index in [4.69, 9.17) is 11.5 Å². The number of rotatable bonds is 6. The van der Waals surface area contributed by atoms with Crippen LogP contribution in [-0.2, 0) is 4.79 Å². The number of hydrogen-bond donors (Lipinski definition) is 1. The van der Waals surface area contributed by atoms with E-state index in [2.05, 4.69) is 5.92 Å². The molecule has 1 fully saturated rings. The predicted molar refractivity (Wildman–Crippen MR) is 77.3 cm³/mol. The number of hydrogen-bond acceptors (Lipinski definition) is 2. The average Bonchev–Trinajstić information content (AvgIpc) is 2.44. The van der Waals surface area contributed by atoms with Gasteiger partial charge in [-0.1, -0.05) is 12.8 Å². The average molecular weight is 280 g/mol. The van der Waals surface area contributed by atoms with Crippen molar-refractivity contribution in [2.75, 3.05) is 26.2 Å². The Balaban J connectivity index is 2.41. The topological polar surface area (TPSA) is 60.9 Å². The highest BCUT2D eigenvalue weighted by Gasteiger charge is 2.25. The number of nitrogens with zero attached hydrogens (tertiary/aromatic N) is 2. The van der Waals surface area contributed by atoms with Gasteiger partial charge in [0.05, 0.1) is 6.54 Å². The zero-order valence-corrected chi connectivity index (χ0v) is 12.2. The number of piperidine rings is 1. The molecule has 1 heterocycles. The molecule has 0 saturated carbocycles. The third kappa shape index (κ3) is 5.12. The molecule has 1 aliphatic heterocycles. The molecule has 0 spiro atoms. The number of likely N-dealkylation sites (tertiary alicyclic amines) is 1. The van der Waals surface area contributed by atoms with Gasteiger partial charge >= 0.3 is 12.0 Å². The van der Waals surface area contributed by atoms with Crippen molar-refractivity contribution in [2.45, 2.75) is 39.0 Å². The number of terminal acetylenes is 1. The van der Waals surface area contributed by atoms with Crippen molar-refractivity contribution < 1.29 is 14.7 Å². The third-order valence-electron chi connectivity index (χ3n) is 3.70. The molecule has 0 aromatic rings. The smallest absolute Gasteiger partial charge is 0.320 e. The van der Waals surface area contributed by atoms with E-state index in [0.717, 1.165) is 19.3 Å². The summed E-state index contributed by atoms with van der Waals surface area (Å²) >= 11 is 0. The van der Waals surface area contributed by atoms with Gasteiger partial charge < -0.3 is 14.9 Å². The van der Waals surface area contributed by atoms with Gasteiger partial charge in [-0.3, -0.25) is 4.79 Å². The van der Waals surface area contributed by atoms with Gasteiger partial charge in [0, 0.05) is 26.1 Å². The van der Waals surface area contributed by atoms with Gasteiger partial charge in [0.2, 0.25) is 0 Å². The lowest BCUT2D eigenvalue weighted by atomic mass is 9.92. The summed E-state index contributed by atoms with van der Waals surface area (Å²) in [5, 5.41) is 8.69. The fourth-order valence-corrected chi connectivity index (χ4v) is 2.56. The molecule has 112 valence electrons. The fraction of sp³-hybridized carbons (Fsp3) is 0.733. The van der Waals surface area contributed by atoms with Crippen molar-refractivity contribution >= 4 is 12.0 Å². The third-order valence-corrected chi connectivity index (χ3v) is 3.70. The Bertz CT molecular complexity index is 368. The van der Waals surface area contributed by atoms with E-state index in [1.54, 1.807) is 4.90 Å². The van der Waals surface area contributed by atoms with Crippen LogP contribution in [0.2, 0.25) is 0 Å². The SMILES string of the molecule is C#CCN(CCC)C(=O)N1CCC(CCC(=O)O)CC1. The molecule has 0 unspecified atom stereocenters. The zero-order chi connectivity index (χ0) is 15.0. The maximum atomic E-state index is 12.3. The van der Waals surface area contributed by atoms with Gasteiger partial charge in [0.1, 0.15) is 0 Å². The summed E-state index contributed by atoms with van der Waals surface area (Å²) in [6.45, 7) is 4.46. The molecule has 5 nitrogen and oxygen atoms in total. The van der Waals surface area contributed by atoms with Crippen molar-refractivity contribution in [1.29, 1.82) is 0 Å². The molecule has 1 aliphatic rings. The number of carbonyl (C=O) groups is 2. The minimum atomic E-state index is -0.744. The number of carbonyl (C=O) groups excluding carboxylic acids is 1. The summed E-state index contributed by atoms with van der Waals surface area (Å²) in [7, 11) is 0. The summed E-state index contributed by atoms with van der Waals surface area (Å²) in [4.78, 5) is 26.4. The van der Waals surface area contributed by atoms with Gasteiger partial charge in [0.15, 0.2) is 0 Å². The van der Waals surface area contributed by atoms with Gasteiger partial charge in [-0.2, -0.15) is 0 Å². The van der Waals surface area contributed by atoms with E-state index in [-0.39, 0.29) is 12.5 Å². The maximum Gasteiger partial charge on any atom is 0.320 e. The van der Waals surface area contributed by atoms with Crippen LogP contribution in [0.25, 0.3) is 0 Å². The molecule has 5 heteroatoms. The highest BCUT2D eigenvalue weighted by atomic mass is 16.4. The molecule has 0 aliphatic carbocycles. The molecule has 1 N–H and O–H groups in total. The summed E-state index contributed by atoms with van der Waals surface area (Å²) in [5.41, 5.74) is 0. The molecule has 0 radical (unpaired) electrons. The van der Waals surface area contributed by atoms with Crippen LogP contribution in [0.15, 0.2) is 0 Å². The second kappa shape index (κ2) is 8.47. The Labute approximate surface area is 120 Å². The van der Waals surface area contributed by atoms with Crippen LogP contribution in [0.5, 0.6) is 0 Å². The summed E-state index contributed by atoms with van der Waals surface area (Å²) < 4.78 is 0. The lowest BCUT2D eigenvalue weighted by Crippen LogP contribution is -2.47. The summed E-state index contributed by atoms with van der Waals surface area (Å²) in [5.74, 6) is 2.20. The first-order valence-electron chi connectivity index (χ1n) is 7.27.